The Morgan fingerprint density at radius 1 is 1.22 bits per heavy atom. The highest BCUT2D eigenvalue weighted by molar-refractivity contribution is 9.10. The quantitative estimate of drug-likeness (QED) is 0.716. The molecule has 0 atom stereocenters. The lowest BCUT2D eigenvalue weighted by molar-refractivity contribution is 0.600. The minimum absolute atomic E-state index is 0.0431. The van der Waals surface area contributed by atoms with E-state index in [-0.39, 0.29) is 10.0 Å². The van der Waals surface area contributed by atoms with Crippen LogP contribution in [0, 0.1) is 0 Å². The van der Waals surface area contributed by atoms with Gasteiger partial charge in [-0.05, 0) is 60.1 Å². The van der Waals surface area contributed by atoms with Crippen LogP contribution in [0.3, 0.4) is 0 Å². The summed E-state index contributed by atoms with van der Waals surface area (Å²) in [4.78, 5) is 6.06. The maximum absolute atomic E-state index is 12.4. The Hall–Kier alpha value is -1.31. The second-order valence-electron chi connectivity index (χ2n) is 4.77. The third-order valence-corrected chi connectivity index (χ3v) is 5.81. The highest BCUT2D eigenvalue weighted by Crippen LogP contribution is 2.25. The van der Waals surface area contributed by atoms with Crippen molar-refractivity contribution in [2.24, 2.45) is 0 Å². The molecule has 1 heterocycles. The van der Waals surface area contributed by atoms with E-state index in [4.69, 9.17) is 11.6 Å². The lowest BCUT2D eigenvalue weighted by Gasteiger charge is -2.21. The van der Waals surface area contributed by atoms with Crippen LogP contribution in [0.2, 0.25) is 5.15 Å². The second-order valence-corrected chi connectivity index (χ2v) is 7.66. The fourth-order valence-electron chi connectivity index (χ4n) is 2.09. The minimum Gasteiger partial charge on any atom is -0.372 e. The normalized spacial score (nSPS) is 11.3. The van der Waals surface area contributed by atoms with Crippen molar-refractivity contribution in [3.63, 3.8) is 0 Å². The van der Waals surface area contributed by atoms with Crippen LogP contribution in [0.15, 0.2) is 45.9 Å². The summed E-state index contributed by atoms with van der Waals surface area (Å²) in [5.41, 5.74) is 1.54. The van der Waals surface area contributed by atoms with E-state index in [0.29, 0.717) is 10.2 Å². The zero-order valence-electron chi connectivity index (χ0n) is 12.8. The molecule has 0 aliphatic carbocycles. The number of pyridine rings is 1. The van der Waals surface area contributed by atoms with Crippen LogP contribution < -0.4 is 9.62 Å². The number of rotatable bonds is 6. The number of sulfonamides is 1. The van der Waals surface area contributed by atoms with E-state index in [9.17, 15) is 8.42 Å². The van der Waals surface area contributed by atoms with Crippen molar-refractivity contribution in [3.8, 4) is 0 Å². The van der Waals surface area contributed by atoms with Crippen molar-refractivity contribution in [2.75, 3.05) is 22.7 Å². The summed E-state index contributed by atoms with van der Waals surface area (Å²) >= 11 is 8.96. The molecule has 0 fully saturated rings. The molecule has 0 spiro atoms. The summed E-state index contributed by atoms with van der Waals surface area (Å²) in [6.07, 6.45) is 1.22. The van der Waals surface area contributed by atoms with Crippen LogP contribution in [0.1, 0.15) is 13.8 Å². The summed E-state index contributed by atoms with van der Waals surface area (Å²) in [7, 11) is -3.71. The minimum atomic E-state index is -3.71. The Bertz CT molecular complexity index is 778. The van der Waals surface area contributed by atoms with E-state index in [1.807, 2.05) is 12.1 Å². The maximum Gasteiger partial charge on any atom is 0.263 e. The fraction of sp³-hybridized carbons (Fsp3) is 0.267. The molecule has 0 aliphatic heterocycles. The Kier molecular flexibility index (Phi) is 5.89. The molecule has 1 N–H and O–H groups in total. The standard InChI is InChI=1S/C15H17BrClN3O2S/c1-3-20(4-2)12-7-5-11(6-8-12)19-23(21,22)13-9-14(16)15(17)18-10-13/h5-10,19H,3-4H2,1-2H3. The van der Waals surface area contributed by atoms with Crippen LogP contribution in [0.4, 0.5) is 11.4 Å². The summed E-state index contributed by atoms with van der Waals surface area (Å²) in [5, 5.41) is 0.215. The molecular formula is C15H17BrClN3O2S. The Balaban J connectivity index is 2.22. The monoisotopic (exact) mass is 417 g/mol. The first-order valence-corrected chi connectivity index (χ1v) is 9.71. The van der Waals surface area contributed by atoms with E-state index < -0.39 is 10.0 Å². The van der Waals surface area contributed by atoms with Crippen LogP contribution in [-0.2, 0) is 10.0 Å². The van der Waals surface area contributed by atoms with Gasteiger partial charge >= 0.3 is 0 Å². The van der Waals surface area contributed by atoms with Gasteiger partial charge < -0.3 is 4.90 Å². The average molecular weight is 419 g/mol. The van der Waals surface area contributed by atoms with Crippen molar-refractivity contribution in [3.05, 3.63) is 46.2 Å². The van der Waals surface area contributed by atoms with Gasteiger partial charge in [-0.2, -0.15) is 0 Å². The molecule has 0 radical (unpaired) electrons. The molecule has 8 heteroatoms. The number of hydrogen-bond acceptors (Lipinski definition) is 4. The van der Waals surface area contributed by atoms with E-state index in [2.05, 4.69) is 44.4 Å². The zero-order valence-corrected chi connectivity index (χ0v) is 15.9. The zero-order chi connectivity index (χ0) is 17.0. The molecule has 2 aromatic rings. The summed E-state index contributed by atoms with van der Waals surface area (Å²) < 4.78 is 27.7. The smallest absolute Gasteiger partial charge is 0.263 e. The first-order chi connectivity index (χ1) is 10.9. The Morgan fingerprint density at radius 3 is 2.35 bits per heavy atom. The number of nitrogens with one attached hydrogen (secondary N) is 1. The topological polar surface area (TPSA) is 62.3 Å². The molecule has 1 aromatic carbocycles. The van der Waals surface area contributed by atoms with E-state index in [0.717, 1.165) is 18.8 Å². The number of nitrogens with zero attached hydrogens (tertiary/aromatic N) is 2. The molecule has 1 aromatic heterocycles. The van der Waals surface area contributed by atoms with Crippen LogP contribution >= 0.6 is 27.5 Å². The third kappa shape index (κ3) is 4.37. The summed E-state index contributed by atoms with van der Waals surface area (Å²) in [5.74, 6) is 0. The summed E-state index contributed by atoms with van der Waals surface area (Å²) in [6.45, 7) is 5.94. The SMILES string of the molecule is CCN(CC)c1ccc(NS(=O)(=O)c2cnc(Cl)c(Br)c2)cc1. The van der Waals surface area contributed by atoms with Gasteiger partial charge in [0.05, 0.1) is 4.47 Å². The number of halogens is 2. The van der Waals surface area contributed by atoms with Gasteiger partial charge in [0.25, 0.3) is 10.0 Å². The number of hydrogen-bond donors (Lipinski definition) is 1. The van der Waals surface area contributed by atoms with Crippen molar-refractivity contribution >= 4 is 48.9 Å². The molecule has 0 saturated carbocycles. The van der Waals surface area contributed by atoms with Crippen molar-refractivity contribution < 1.29 is 8.42 Å². The highest BCUT2D eigenvalue weighted by Gasteiger charge is 2.16. The molecule has 2 rings (SSSR count). The molecule has 124 valence electrons. The van der Waals surface area contributed by atoms with Crippen molar-refractivity contribution in [2.45, 2.75) is 18.7 Å². The van der Waals surface area contributed by atoms with Crippen molar-refractivity contribution in [1.29, 1.82) is 0 Å². The second kappa shape index (κ2) is 7.51. The first-order valence-electron chi connectivity index (χ1n) is 7.06. The molecule has 0 amide bonds. The average Bonchev–Trinajstić information content (AvgIpc) is 2.52. The summed E-state index contributed by atoms with van der Waals surface area (Å²) in [6, 6.07) is 8.68. The predicted octanol–water partition coefficient (Wildman–Crippen LogP) is 4.14. The highest BCUT2D eigenvalue weighted by atomic mass is 79.9. The van der Waals surface area contributed by atoms with Crippen LogP contribution in [0.5, 0.6) is 0 Å². The van der Waals surface area contributed by atoms with Gasteiger partial charge in [-0.3, -0.25) is 4.72 Å². The molecule has 5 nitrogen and oxygen atoms in total. The number of benzene rings is 1. The Morgan fingerprint density at radius 2 is 1.83 bits per heavy atom. The van der Waals surface area contributed by atoms with Gasteiger partial charge in [0.15, 0.2) is 0 Å². The molecule has 0 saturated heterocycles. The van der Waals surface area contributed by atoms with Crippen molar-refractivity contribution in [1.82, 2.24) is 4.98 Å². The largest absolute Gasteiger partial charge is 0.372 e. The van der Waals surface area contributed by atoms with Gasteiger partial charge in [-0.25, -0.2) is 13.4 Å². The molecule has 0 bridgehead atoms. The number of anilines is 2. The first kappa shape index (κ1) is 18.0. The molecule has 23 heavy (non-hydrogen) atoms. The van der Waals surface area contributed by atoms with E-state index in [1.165, 1.54) is 12.3 Å². The lowest BCUT2D eigenvalue weighted by atomic mass is 10.2. The van der Waals surface area contributed by atoms with E-state index in [1.54, 1.807) is 12.1 Å². The molecule has 0 unspecified atom stereocenters. The van der Waals surface area contributed by atoms with Crippen LogP contribution in [-0.4, -0.2) is 26.5 Å². The van der Waals surface area contributed by atoms with Gasteiger partial charge in [0.1, 0.15) is 10.0 Å². The fourth-order valence-corrected chi connectivity index (χ4v) is 3.73. The molecule has 0 aliphatic rings. The maximum atomic E-state index is 12.4. The van der Waals surface area contributed by atoms with Gasteiger partial charge in [-0.15, -0.1) is 0 Å². The predicted molar refractivity (Wildman–Crippen MR) is 97.8 cm³/mol. The van der Waals surface area contributed by atoms with E-state index >= 15 is 0 Å². The van der Waals surface area contributed by atoms with Crippen LogP contribution in [0.25, 0.3) is 0 Å². The van der Waals surface area contributed by atoms with Gasteiger partial charge in [0.2, 0.25) is 0 Å². The van der Waals surface area contributed by atoms with Gasteiger partial charge in [0, 0.05) is 30.7 Å². The number of aromatic nitrogens is 1. The third-order valence-electron chi connectivity index (χ3n) is 3.33. The Labute approximate surface area is 149 Å². The molecular weight excluding hydrogens is 402 g/mol. The van der Waals surface area contributed by atoms with Gasteiger partial charge in [-0.1, -0.05) is 11.6 Å². The lowest BCUT2D eigenvalue weighted by Crippen LogP contribution is -2.21.